The van der Waals surface area contributed by atoms with Crippen molar-refractivity contribution in [1.82, 2.24) is 5.32 Å². The van der Waals surface area contributed by atoms with E-state index in [9.17, 15) is 9.59 Å². The first-order chi connectivity index (χ1) is 7.47. The van der Waals surface area contributed by atoms with Gasteiger partial charge >= 0.3 is 0 Å². The second-order valence-corrected chi connectivity index (χ2v) is 3.96. The van der Waals surface area contributed by atoms with Gasteiger partial charge in [-0.2, -0.15) is 0 Å². The van der Waals surface area contributed by atoms with E-state index in [2.05, 4.69) is 5.32 Å². The molecule has 0 spiro atoms. The van der Waals surface area contributed by atoms with Crippen LogP contribution in [-0.4, -0.2) is 18.2 Å². The lowest BCUT2D eigenvalue weighted by Crippen LogP contribution is -2.31. The molecule has 1 N–H and O–H groups in total. The number of benzene rings is 1. The lowest BCUT2D eigenvalue weighted by atomic mass is 9.96. The van der Waals surface area contributed by atoms with E-state index in [4.69, 9.17) is 0 Å². The van der Waals surface area contributed by atoms with Crippen LogP contribution in [0, 0.1) is 20.8 Å². The van der Waals surface area contributed by atoms with Crippen molar-refractivity contribution in [3.63, 3.8) is 0 Å². The number of ketones is 1. The van der Waals surface area contributed by atoms with Gasteiger partial charge in [0, 0.05) is 12.1 Å². The molecule has 0 bridgehead atoms. The molecule has 3 nitrogen and oxygen atoms in total. The van der Waals surface area contributed by atoms with Gasteiger partial charge in [-0.05, 0) is 38.8 Å². The predicted octanol–water partition coefficient (Wildman–Crippen LogP) is 1.93. The molecule has 0 saturated heterocycles. The molecule has 16 heavy (non-hydrogen) atoms. The zero-order valence-corrected chi connectivity index (χ0v) is 10.2. The summed E-state index contributed by atoms with van der Waals surface area (Å²) in [5.74, 6) is -0.977. The maximum atomic E-state index is 11.9. The molecule has 0 aliphatic heterocycles. The number of likely N-dealkylation sites (N-methyl/N-ethyl adjacent to an activating group) is 1. The Kier molecular flexibility index (Phi) is 3.82. The van der Waals surface area contributed by atoms with Crippen molar-refractivity contribution >= 4 is 11.7 Å². The van der Waals surface area contributed by atoms with E-state index in [0.717, 1.165) is 16.7 Å². The van der Waals surface area contributed by atoms with E-state index in [1.807, 2.05) is 32.9 Å². The van der Waals surface area contributed by atoms with Gasteiger partial charge in [0.15, 0.2) is 0 Å². The van der Waals surface area contributed by atoms with Crippen molar-refractivity contribution in [3.05, 3.63) is 34.4 Å². The van der Waals surface area contributed by atoms with Crippen molar-refractivity contribution in [3.8, 4) is 0 Å². The highest BCUT2D eigenvalue weighted by Crippen LogP contribution is 2.16. The molecule has 1 amide bonds. The number of hydrogen-bond acceptors (Lipinski definition) is 2. The molecule has 0 unspecified atom stereocenters. The summed E-state index contributed by atoms with van der Waals surface area (Å²) in [4.78, 5) is 23.3. The van der Waals surface area contributed by atoms with Gasteiger partial charge in [0.25, 0.3) is 11.7 Å². The molecule has 0 heterocycles. The number of carbonyl (C=O) groups is 2. The number of nitrogens with one attached hydrogen (secondary N) is 1. The summed E-state index contributed by atoms with van der Waals surface area (Å²) in [6.07, 6.45) is 0. The molecule has 0 radical (unpaired) electrons. The summed E-state index contributed by atoms with van der Waals surface area (Å²) in [5.41, 5.74) is 3.33. The Labute approximate surface area is 95.9 Å². The number of rotatable bonds is 3. The third kappa shape index (κ3) is 2.48. The minimum Gasteiger partial charge on any atom is -0.349 e. The van der Waals surface area contributed by atoms with E-state index in [0.29, 0.717) is 12.1 Å². The lowest BCUT2D eigenvalue weighted by molar-refractivity contribution is -0.116. The van der Waals surface area contributed by atoms with Crippen LogP contribution >= 0.6 is 0 Å². The Morgan fingerprint density at radius 2 is 1.62 bits per heavy atom. The second-order valence-electron chi connectivity index (χ2n) is 3.96. The topological polar surface area (TPSA) is 46.2 Å². The first kappa shape index (κ1) is 12.4. The smallest absolute Gasteiger partial charge is 0.292 e. The highest BCUT2D eigenvalue weighted by Gasteiger charge is 2.19. The van der Waals surface area contributed by atoms with E-state index in [1.165, 1.54) is 0 Å². The van der Waals surface area contributed by atoms with Crippen LogP contribution in [0.25, 0.3) is 0 Å². The predicted molar refractivity (Wildman–Crippen MR) is 63.7 cm³/mol. The number of Topliss-reactive ketones (excluding diaryl/α,β-unsaturated/α-hetero) is 1. The highest BCUT2D eigenvalue weighted by atomic mass is 16.2. The first-order valence-corrected chi connectivity index (χ1v) is 5.37. The van der Waals surface area contributed by atoms with Gasteiger partial charge in [-0.15, -0.1) is 0 Å². The molecule has 1 aromatic rings. The third-order valence-electron chi connectivity index (χ3n) is 2.45. The van der Waals surface area contributed by atoms with Gasteiger partial charge in [0.1, 0.15) is 0 Å². The first-order valence-electron chi connectivity index (χ1n) is 5.37. The molecule has 0 atom stereocenters. The Bertz CT molecular complexity index is 413. The molecular weight excluding hydrogens is 202 g/mol. The zero-order valence-electron chi connectivity index (χ0n) is 10.2. The fraction of sp³-hybridized carbons (Fsp3) is 0.385. The second kappa shape index (κ2) is 4.92. The van der Waals surface area contributed by atoms with Crippen molar-refractivity contribution in [2.24, 2.45) is 0 Å². The van der Waals surface area contributed by atoms with Crippen LogP contribution in [0.3, 0.4) is 0 Å². The van der Waals surface area contributed by atoms with Gasteiger partial charge in [0.05, 0.1) is 0 Å². The maximum Gasteiger partial charge on any atom is 0.292 e. The molecule has 1 rings (SSSR count). The normalized spacial score (nSPS) is 10.0. The van der Waals surface area contributed by atoms with Gasteiger partial charge in [-0.3, -0.25) is 9.59 Å². The average Bonchev–Trinajstić information content (AvgIpc) is 2.16. The summed E-state index contributed by atoms with van der Waals surface area (Å²) in [6.45, 7) is 7.94. The number of hydrogen-bond donors (Lipinski definition) is 1. The Hall–Kier alpha value is -1.64. The van der Waals surface area contributed by atoms with E-state index in [-0.39, 0.29) is 0 Å². The Balaban J connectivity index is 3.14. The molecule has 0 fully saturated rings. The molecule has 86 valence electrons. The Morgan fingerprint density at radius 3 is 2.06 bits per heavy atom. The lowest BCUT2D eigenvalue weighted by Gasteiger charge is -2.09. The monoisotopic (exact) mass is 219 g/mol. The van der Waals surface area contributed by atoms with Crippen LogP contribution in [0.1, 0.15) is 34.0 Å². The van der Waals surface area contributed by atoms with Crippen LogP contribution in [0.15, 0.2) is 12.1 Å². The zero-order chi connectivity index (χ0) is 12.3. The van der Waals surface area contributed by atoms with Crippen LogP contribution in [0.5, 0.6) is 0 Å². The minimum absolute atomic E-state index is 0.447. The molecule has 3 heteroatoms. The largest absolute Gasteiger partial charge is 0.349 e. The van der Waals surface area contributed by atoms with Crippen LogP contribution in [-0.2, 0) is 4.79 Å². The summed E-state index contributed by atoms with van der Waals surface area (Å²) in [7, 11) is 0. The van der Waals surface area contributed by atoms with Crippen LogP contribution < -0.4 is 5.32 Å². The maximum absolute atomic E-state index is 11.9. The minimum atomic E-state index is -0.530. The fourth-order valence-electron chi connectivity index (χ4n) is 1.89. The molecular formula is C13H17NO2. The molecule has 0 aliphatic carbocycles. The number of carbonyl (C=O) groups excluding carboxylic acids is 2. The molecule has 0 aliphatic rings. The van der Waals surface area contributed by atoms with Crippen LogP contribution in [0.2, 0.25) is 0 Å². The average molecular weight is 219 g/mol. The fourth-order valence-corrected chi connectivity index (χ4v) is 1.89. The van der Waals surface area contributed by atoms with E-state index in [1.54, 1.807) is 6.92 Å². The van der Waals surface area contributed by atoms with Crippen molar-refractivity contribution in [1.29, 1.82) is 0 Å². The van der Waals surface area contributed by atoms with Gasteiger partial charge < -0.3 is 5.32 Å². The van der Waals surface area contributed by atoms with Gasteiger partial charge in [-0.25, -0.2) is 0 Å². The van der Waals surface area contributed by atoms with E-state index >= 15 is 0 Å². The highest BCUT2D eigenvalue weighted by molar-refractivity contribution is 6.43. The summed E-state index contributed by atoms with van der Waals surface area (Å²) in [6, 6.07) is 3.83. The summed E-state index contributed by atoms with van der Waals surface area (Å²) in [5, 5.41) is 2.52. The van der Waals surface area contributed by atoms with Crippen molar-refractivity contribution < 1.29 is 9.59 Å². The van der Waals surface area contributed by atoms with Crippen LogP contribution in [0.4, 0.5) is 0 Å². The molecule has 0 aromatic heterocycles. The SMILES string of the molecule is CCNC(=O)C(=O)c1c(C)cc(C)cc1C. The standard InChI is InChI=1S/C13H17NO2/c1-5-14-13(16)12(15)11-9(3)6-8(2)7-10(11)4/h6-7H,5H2,1-4H3,(H,14,16). The molecule has 1 aromatic carbocycles. The number of amides is 1. The number of aryl methyl sites for hydroxylation is 3. The van der Waals surface area contributed by atoms with E-state index < -0.39 is 11.7 Å². The van der Waals surface area contributed by atoms with Crippen molar-refractivity contribution in [2.75, 3.05) is 6.54 Å². The van der Waals surface area contributed by atoms with Gasteiger partial charge in [-0.1, -0.05) is 17.7 Å². The third-order valence-corrected chi connectivity index (χ3v) is 2.45. The quantitative estimate of drug-likeness (QED) is 0.623. The molecule has 0 saturated carbocycles. The van der Waals surface area contributed by atoms with Gasteiger partial charge in [0.2, 0.25) is 0 Å². The summed E-state index contributed by atoms with van der Waals surface area (Å²) >= 11 is 0. The summed E-state index contributed by atoms with van der Waals surface area (Å²) < 4.78 is 0. The van der Waals surface area contributed by atoms with Crippen molar-refractivity contribution in [2.45, 2.75) is 27.7 Å². The Morgan fingerprint density at radius 1 is 1.12 bits per heavy atom.